The van der Waals surface area contributed by atoms with E-state index >= 15 is 0 Å². The number of amides is 2. The summed E-state index contributed by atoms with van der Waals surface area (Å²) in [5, 5.41) is 4.28. The van der Waals surface area contributed by atoms with Crippen LogP contribution >= 0.6 is 0 Å². The van der Waals surface area contributed by atoms with Crippen molar-refractivity contribution in [3.63, 3.8) is 0 Å². The number of hydrogen-bond acceptors (Lipinski definition) is 3. The molecule has 2 N–H and O–H groups in total. The first kappa shape index (κ1) is 16.4. The number of ether oxygens (including phenoxy) is 1. The Hall–Kier alpha value is -2.05. The van der Waals surface area contributed by atoms with Gasteiger partial charge in [0.25, 0.3) is 0 Å². The fourth-order valence-electron chi connectivity index (χ4n) is 3.85. The maximum Gasteiger partial charge on any atom is 0.317 e. The van der Waals surface area contributed by atoms with E-state index in [1.807, 2.05) is 17.0 Å². The SMILES string of the molecule is O=C(NCCc1cc2ccccc2[nH]1)N1CC[C@@H](N2CCOCC2)C1. The Morgan fingerprint density at radius 3 is 2.92 bits per heavy atom. The monoisotopic (exact) mass is 342 g/mol. The number of benzene rings is 1. The number of likely N-dealkylation sites (tertiary alicyclic amines) is 1. The van der Waals surface area contributed by atoms with E-state index in [4.69, 9.17) is 4.74 Å². The summed E-state index contributed by atoms with van der Waals surface area (Å²) in [6.07, 6.45) is 1.89. The summed E-state index contributed by atoms with van der Waals surface area (Å²) in [6, 6.07) is 11.0. The second-order valence-electron chi connectivity index (χ2n) is 6.90. The number of nitrogens with zero attached hydrogens (tertiary/aromatic N) is 2. The lowest BCUT2D eigenvalue weighted by molar-refractivity contribution is 0.0191. The van der Waals surface area contributed by atoms with Crippen LogP contribution in [0.1, 0.15) is 12.1 Å². The van der Waals surface area contributed by atoms with Gasteiger partial charge in [-0.25, -0.2) is 4.79 Å². The molecule has 2 fully saturated rings. The second-order valence-corrected chi connectivity index (χ2v) is 6.90. The average molecular weight is 342 g/mol. The lowest BCUT2D eigenvalue weighted by Gasteiger charge is -2.32. The van der Waals surface area contributed by atoms with Gasteiger partial charge in [0.05, 0.1) is 13.2 Å². The third-order valence-electron chi connectivity index (χ3n) is 5.27. The van der Waals surface area contributed by atoms with Crippen molar-refractivity contribution in [1.29, 1.82) is 0 Å². The zero-order valence-electron chi connectivity index (χ0n) is 14.5. The molecule has 6 nitrogen and oxygen atoms in total. The van der Waals surface area contributed by atoms with Gasteiger partial charge in [-0.15, -0.1) is 0 Å². The van der Waals surface area contributed by atoms with Gasteiger partial charge in [-0.3, -0.25) is 4.90 Å². The summed E-state index contributed by atoms with van der Waals surface area (Å²) in [6.45, 7) is 5.93. The molecule has 134 valence electrons. The first-order valence-corrected chi connectivity index (χ1v) is 9.21. The van der Waals surface area contributed by atoms with Gasteiger partial charge in [0.2, 0.25) is 0 Å². The van der Waals surface area contributed by atoms with Crippen LogP contribution < -0.4 is 5.32 Å². The molecule has 2 saturated heterocycles. The molecule has 3 heterocycles. The van der Waals surface area contributed by atoms with E-state index in [9.17, 15) is 4.79 Å². The van der Waals surface area contributed by atoms with Gasteiger partial charge in [0, 0.05) is 56.4 Å². The Morgan fingerprint density at radius 2 is 2.08 bits per heavy atom. The first-order valence-electron chi connectivity index (χ1n) is 9.21. The fraction of sp³-hybridized carbons (Fsp3) is 0.526. The number of H-pyrrole nitrogens is 1. The van der Waals surface area contributed by atoms with Crippen LogP contribution in [0.4, 0.5) is 4.79 Å². The molecule has 1 aromatic heterocycles. The maximum absolute atomic E-state index is 12.4. The topological polar surface area (TPSA) is 60.6 Å². The lowest BCUT2D eigenvalue weighted by atomic mass is 10.2. The van der Waals surface area contributed by atoms with Crippen molar-refractivity contribution in [3.05, 3.63) is 36.0 Å². The smallest absolute Gasteiger partial charge is 0.317 e. The highest BCUT2D eigenvalue weighted by Crippen LogP contribution is 2.17. The van der Waals surface area contributed by atoms with Crippen molar-refractivity contribution in [2.24, 2.45) is 0 Å². The standard InChI is InChI=1S/C19H26N4O2/c24-19(23-8-6-17(14-23)22-9-11-25-12-10-22)20-7-5-16-13-15-3-1-2-4-18(15)21-16/h1-4,13,17,21H,5-12,14H2,(H,20,24)/t17-/m1/s1. The van der Waals surface area contributed by atoms with Gasteiger partial charge in [-0.05, 0) is 23.9 Å². The van der Waals surface area contributed by atoms with Crippen molar-refractivity contribution in [1.82, 2.24) is 20.1 Å². The Balaban J connectivity index is 1.23. The average Bonchev–Trinajstić information content (AvgIpc) is 3.29. The normalized spacial score (nSPS) is 21.8. The van der Waals surface area contributed by atoms with Gasteiger partial charge < -0.3 is 19.9 Å². The van der Waals surface area contributed by atoms with Crippen molar-refractivity contribution in [3.8, 4) is 0 Å². The summed E-state index contributed by atoms with van der Waals surface area (Å²) in [4.78, 5) is 20.2. The number of nitrogens with one attached hydrogen (secondary N) is 2. The number of urea groups is 1. The van der Waals surface area contributed by atoms with E-state index in [0.717, 1.165) is 63.4 Å². The molecule has 25 heavy (non-hydrogen) atoms. The molecule has 2 aliphatic rings. The summed E-state index contributed by atoms with van der Waals surface area (Å²) in [7, 11) is 0. The third-order valence-corrected chi connectivity index (χ3v) is 5.27. The predicted molar refractivity (Wildman–Crippen MR) is 97.8 cm³/mol. The number of para-hydroxylation sites is 1. The largest absolute Gasteiger partial charge is 0.379 e. The quantitative estimate of drug-likeness (QED) is 0.891. The number of fused-ring (bicyclic) bond motifs is 1. The minimum Gasteiger partial charge on any atom is -0.379 e. The predicted octanol–water partition coefficient (Wildman–Crippen LogP) is 1.83. The van der Waals surface area contributed by atoms with E-state index in [1.54, 1.807) is 0 Å². The van der Waals surface area contributed by atoms with Crippen LogP contribution in [-0.2, 0) is 11.2 Å². The van der Waals surface area contributed by atoms with Gasteiger partial charge in [0.15, 0.2) is 0 Å². The summed E-state index contributed by atoms with van der Waals surface area (Å²) < 4.78 is 5.41. The van der Waals surface area contributed by atoms with Gasteiger partial charge >= 0.3 is 6.03 Å². The highest BCUT2D eigenvalue weighted by molar-refractivity contribution is 5.80. The number of aromatic amines is 1. The molecule has 0 aliphatic carbocycles. The third kappa shape index (κ3) is 3.80. The molecule has 2 amide bonds. The van der Waals surface area contributed by atoms with E-state index in [-0.39, 0.29) is 6.03 Å². The molecule has 2 aliphatic heterocycles. The molecule has 1 aromatic carbocycles. The van der Waals surface area contributed by atoms with Gasteiger partial charge in [-0.2, -0.15) is 0 Å². The molecule has 0 bridgehead atoms. The molecule has 0 radical (unpaired) electrons. The van der Waals surface area contributed by atoms with Crippen molar-refractivity contribution in [2.45, 2.75) is 18.9 Å². The molecule has 0 spiro atoms. The summed E-state index contributed by atoms with van der Waals surface area (Å²) >= 11 is 0. The Bertz CT molecular complexity index is 690. The molecule has 4 rings (SSSR count). The zero-order valence-corrected chi connectivity index (χ0v) is 14.5. The van der Waals surface area contributed by atoms with Gasteiger partial charge in [0.1, 0.15) is 0 Å². The van der Waals surface area contributed by atoms with Gasteiger partial charge in [-0.1, -0.05) is 18.2 Å². The molecule has 1 atom stereocenters. The number of rotatable bonds is 4. The molecular formula is C19H26N4O2. The van der Waals surface area contributed by atoms with Crippen molar-refractivity contribution < 1.29 is 9.53 Å². The van der Waals surface area contributed by atoms with Crippen LogP contribution in [0.2, 0.25) is 0 Å². The van der Waals surface area contributed by atoms with E-state index in [1.165, 1.54) is 5.39 Å². The van der Waals surface area contributed by atoms with Crippen molar-refractivity contribution in [2.75, 3.05) is 45.9 Å². The highest BCUT2D eigenvalue weighted by Gasteiger charge is 2.30. The van der Waals surface area contributed by atoms with Crippen LogP contribution in [-0.4, -0.2) is 72.8 Å². The molecule has 0 saturated carbocycles. The number of carbonyl (C=O) groups excluding carboxylic acids is 1. The lowest BCUT2D eigenvalue weighted by Crippen LogP contribution is -2.46. The van der Waals surface area contributed by atoms with E-state index < -0.39 is 0 Å². The zero-order chi connectivity index (χ0) is 17.1. The number of aromatic nitrogens is 1. The van der Waals surface area contributed by atoms with Crippen LogP contribution in [0.3, 0.4) is 0 Å². The molecule has 2 aromatic rings. The highest BCUT2D eigenvalue weighted by atomic mass is 16.5. The van der Waals surface area contributed by atoms with Crippen molar-refractivity contribution >= 4 is 16.9 Å². The summed E-state index contributed by atoms with van der Waals surface area (Å²) in [5.74, 6) is 0. The Morgan fingerprint density at radius 1 is 1.24 bits per heavy atom. The Labute approximate surface area is 148 Å². The molecular weight excluding hydrogens is 316 g/mol. The molecule has 6 heteroatoms. The van der Waals surface area contributed by atoms with E-state index in [0.29, 0.717) is 12.6 Å². The summed E-state index contributed by atoms with van der Waals surface area (Å²) in [5.41, 5.74) is 2.31. The van der Waals surface area contributed by atoms with Crippen LogP contribution in [0.25, 0.3) is 10.9 Å². The molecule has 0 unspecified atom stereocenters. The fourth-order valence-corrected chi connectivity index (χ4v) is 3.85. The maximum atomic E-state index is 12.4. The van der Waals surface area contributed by atoms with Crippen LogP contribution in [0.15, 0.2) is 30.3 Å². The minimum absolute atomic E-state index is 0.0619. The minimum atomic E-state index is 0.0619. The number of morpholine rings is 1. The van der Waals surface area contributed by atoms with E-state index in [2.05, 4.69) is 33.4 Å². The van der Waals surface area contributed by atoms with Crippen LogP contribution in [0.5, 0.6) is 0 Å². The second kappa shape index (κ2) is 7.45. The Kier molecular flexibility index (Phi) is 4.90. The number of carbonyl (C=O) groups is 1. The number of hydrogen-bond donors (Lipinski definition) is 2. The van der Waals surface area contributed by atoms with Crippen LogP contribution in [0, 0.1) is 0 Å². The first-order chi connectivity index (χ1) is 12.3.